The lowest BCUT2D eigenvalue weighted by atomic mass is 9.96. The van der Waals surface area contributed by atoms with Gasteiger partial charge in [-0.3, -0.25) is 9.69 Å². The summed E-state index contributed by atoms with van der Waals surface area (Å²) in [5.74, 6) is 0.907. The highest BCUT2D eigenvalue weighted by Gasteiger charge is 2.26. The van der Waals surface area contributed by atoms with Gasteiger partial charge in [-0.05, 0) is 44.0 Å². The van der Waals surface area contributed by atoms with Crippen LogP contribution in [0, 0.1) is 12.8 Å². The highest BCUT2D eigenvalue weighted by Crippen LogP contribution is 2.22. The van der Waals surface area contributed by atoms with Gasteiger partial charge in [-0.2, -0.15) is 4.98 Å². The van der Waals surface area contributed by atoms with Crippen LogP contribution in [0.3, 0.4) is 0 Å². The van der Waals surface area contributed by atoms with Crippen LogP contribution >= 0.6 is 11.6 Å². The average Bonchev–Trinajstić information content (AvgIpc) is 3.23. The van der Waals surface area contributed by atoms with Crippen molar-refractivity contribution in [1.29, 1.82) is 0 Å². The molecule has 1 atom stereocenters. The standard InChI is InChI=1S/C23H25ClN4O2/c1-16-6-4-8-17(12-16)22-26-21(30-27-22)13-25-23(29)19-9-5-11-28(15-19)14-18-7-2-3-10-20(18)24/h2-4,6-8,10,12,19H,5,9,11,13-15H2,1H3,(H,25,29)/t19-/m1/s1. The maximum Gasteiger partial charge on any atom is 0.246 e. The molecule has 156 valence electrons. The fourth-order valence-electron chi connectivity index (χ4n) is 3.82. The number of rotatable bonds is 6. The molecule has 1 fully saturated rings. The number of likely N-dealkylation sites (tertiary alicyclic amines) is 1. The van der Waals surface area contributed by atoms with Crippen molar-refractivity contribution in [2.24, 2.45) is 5.92 Å². The lowest BCUT2D eigenvalue weighted by molar-refractivity contribution is -0.127. The van der Waals surface area contributed by atoms with Gasteiger partial charge in [0.2, 0.25) is 17.6 Å². The smallest absolute Gasteiger partial charge is 0.246 e. The summed E-state index contributed by atoms with van der Waals surface area (Å²) in [7, 11) is 0. The second-order valence-corrected chi connectivity index (χ2v) is 8.17. The van der Waals surface area contributed by atoms with Gasteiger partial charge in [0, 0.05) is 23.7 Å². The molecule has 2 aromatic carbocycles. The van der Waals surface area contributed by atoms with E-state index < -0.39 is 0 Å². The largest absolute Gasteiger partial charge is 0.347 e. The summed E-state index contributed by atoms with van der Waals surface area (Å²) >= 11 is 6.29. The van der Waals surface area contributed by atoms with E-state index in [1.807, 2.05) is 55.5 Å². The van der Waals surface area contributed by atoms with Crippen LogP contribution in [0.5, 0.6) is 0 Å². The van der Waals surface area contributed by atoms with Gasteiger partial charge in [-0.15, -0.1) is 0 Å². The monoisotopic (exact) mass is 424 g/mol. The minimum absolute atomic E-state index is 0.0224. The van der Waals surface area contributed by atoms with E-state index in [0.717, 1.165) is 54.2 Å². The number of nitrogens with one attached hydrogen (secondary N) is 1. The Kier molecular flexibility index (Phi) is 6.45. The Labute approximate surface area is 181 Å². The van der Waals surface area contributed by atoms with Gasteiger partial charge in [0.1, 0.15) is 0 Å². The first-order valence-electron chi connectivity index (χ1n) is 10.2. The second-order valence-electron chi connectivity index (χ2n) is 7.76. The Morgan fingerprint density at radius 3 is 2.97 bits per heavy atom. The summed E-state index contributed by atoms with van der Waals surface area (Å²) in [6, 6.07) is 15.8. The van der Waals surface area contributed by atoms with E-state index in [9.17, 15) is 4.79 Å². The SMILES string of the molecule is Cc1cccc(-c2noc(CNC(=O)[C@@H]3CCCN(Cc4ccccc4Cl)C3)n2)c1. The first-order chi connectivity index (χ1) is 14.6. The number of amides is 1. The van der Waals surface area contributed by atoms with E-state index >= 15 is 0 Å². The molecule has 3 aromatic rings. The van der Waals surface area contributed by atoms with Crippen molar-refractivity contribution < 1.29 is 9.32 Å². The van der Waals surface area contributed by atoms with Crippen molar-refractivity contribution in [1.82, 2.24) is 20.4 Å². The molecule has 4 rings (SSSR count). The molecule has 1 aliphatic heterocycles. The average molecular weight is 425 g/mol. The van der Waals surface area contributed by atoms with E-state index in [-0.39, 0.29) is 18.4 Å². The number of piperidine rings is 1. The summed E-state index contributed by atoms with van der Waals surface area (Å²) in [4.78, 5) is 19.4. The van der Waals surface area contributed by atoms with Crippen molar-refractivity contribution >= 4 is 17.5 Å². The minimum atomic E-state index is -0.0552. The molecule has 2 heterocycles. The first-order valence-corrected chi connectivity index (χ1v) is 10.6. The Hall–Kier alpha value is -2.70. The highest BCUT2D eigenvalue weighted by molar-refractivity contribution is 6.31. The van der Waals surface area contributed by atoms with Crippen molar-refractivity contribution in [3.8, 4) is 11.4 Å². The molecule has 30 heavy (non-hydrogen) atoms. The maximum atomic E-state index is 12.7. The third kappa shape index (κ3) is 5.07. The third-order valence-electron chi connectivity index (χ3n) is 5.39. The molecule has 1 aliphatic rings. The van der Waals surface area contributed by atoms with Crippen molar-refractivity contribution in [2.45, 2.75) is 32.9 Å². The molecule has 7 heteroatoms. The molecule has 0 spiro atoms. The minimum Gasteiger partial charge on any atom is -0.347 e. The zero-order chi connectivity index (χ0) is 20.9. The molecular formula is C23H25ClN4O2. The van der Waals surface area contributed by atoms with Crippen molar-refractivity contribution in [2.75, 3.05) is 13.1 Å². The van der Waals surface area contributed by atoms with Crippen LogP contribution in [-0.4, -0.2) is 34.0 Å². The topological polar surface area (TPSA) is 71.3 Å². The van der Waals surface area contributed by atoms with Gasteiger partial charge in [0.05, 0.1) is 12.5 Å². The molecule has 1 aromatic heterocycles. The molecular weight excluding hydrogens is 400 g/mol. The fraction of sp³-hybridized carbons (Fsp3) is 0.348. The van der Waals surface area contributed by atoms with Crippen LogP contribution in [0.2, 0.25) is 5.02 Å². The third-order valence-corrected chi connectivity index (χ3v) is 5.76. The molecule has 6 nitrogen and oxygen atoms in total. The fourth-order valence-corrected chi connectivity index (χ4v) is 4.01. The van der Waals surface area contributed by atoms with Crippen LogP contribution < -0.4 is 5.32 Å². The number of halogens is 1. The number of aromatic nitrogens is 2. The number of carbonyl (C=O) groups excluding carboxylic acids is 1. The molecule has 0 unspecified atom stereocenters. The first kappa shape index (κ1) is 20.6. The van der Waals surface area contributed by atoms with Crippen LogP contribution in [0.25, 0.3) is 11.4 Å². The highest BCUT2D eigenvalue weighted by atomic mass is 35.5. The van der Waals surface area contributed by atoms with Crippen LogP contribution in [-0.2, 0) is 17.9 Å². The summed E-state index contributed by atoms with van der Waals surface area (Å²) in [5, 5.41) is 7.75. The summed E-state index contributed by atoms with van der Waals surface area (Å²) in [5.41, 5.74) is 3.12. The molecule has 1 N–H and O–H groups in total. The van der Waals surface area contributed by atoms with Gasteiger partial charge in [-0.25, -0.2) is 0 Å². The van der Waals surface area contributed by atoms with E-state index in [1.165, 1.54) is 0 Å². The maximum absolute atomic E-state index is 12.7. The van der Waals surface area contributed by atoms with Gasteiger partial charge in [-0.1, -0.05) is 58.7 Å². The van der Waals surface area contributed by atoms with Gasteiger partial charge < -0.3 is 9.84 Å². The van der Waals surface area contributed by atoms with Crippen LogP contribution in [0.1, 0.15) is 29.9 Å². The van der Waals surface area contributed by atoms with E-state index in [0.29, 0.717) is 11.7 Å². The van der Waals surface area contributed by atoms with Gasteiger partial charge in [0.15, 0.2) is 0 Å². The lowest BCUT2D eigenvalue weighted by Crippen LogP contribution is -2.42. The number of benzene rings is 2. The van der Waals surface area contributed by atoms with Crippen LogP contribution in [0.15, 0.2) is 53.1 Å². The number of aryl methyl sites for hydroxylation is 1. The van der Waals surface area contributed by atoms with Crippen molar-refractivity contribution in [3.05, 3.63) is 70.6 Å². The van der Waals surface area contributed by atoms with Gasteiger partial charge >= 0.3 is 0 Å². The Morgan fingerprint density at radius 2 is 2.13 bits per heavy atom. The number of nitrogens with zero attached hydrogens (tertiary/aromatic N) is 3. The second kappa shape index (κ2) is 9.41. The normalized spacial score (nSPS) is 17.1. The van der Waals surface area contributed by atoms with E-state index in [2.05, 4.69) is 20.4 Å². The van der Waals surface area contributed by atoms with E-state index in [4.69, 9.17) is 16.1 Å². The number of hydrogen-bond acceptors (Lipinski definition) is 5. The summed E-state index contributed by atoms with van der Waals surface area (Å²) < 4.78 is 5.31. The number of carbonyl (C=O) groups is 1. The van der Waals surface area contributed by atoms with Crippen molar-refractivity contribution in [3.63, 3.8) is 0 Å². The Bertz CT molecular complexity index is 1020. The molecule has 0 aliphatic carbocycles. The van der Waals surface area contributed by atoms with E-state index in [1.54, 1.807) is 0 Å². The molecule has 1 saturated heterocycles. The van der Waals surface area contributed by atoms with Crippen LogP contribution in [0.4, 0.5) is 0 Å². The van der Waals surface area contributed by atoms with Gasteiger partial charge in [0.25, 0.3) is 0 Å². The summed E-state index contributed by atoms with van der Waals surface area (Å²) in [6.07, 6.45) is 1.86. The molecule has 0 bridgehead atoms. The quantitative estimate of drug-likeness (QED) is 0.641. The Balaban J connectivity index is 1.31. The Morgan fingerprint density at radius 1 is 1.27 bits per heavy atom. The molecule has 0 saturated carbocycles. The molecule has 1 amide bonds. The zero-order valence-corrected chi connectivity index (χ0v) is 17.7. The number of hydrogen-bond donors (Lipinski definition) is 1. The zero-order valence-electron chi connectivity index (χ0n) is 17.0. The lowest BCUT2D eigenvalue weighted by Gasteiger charge is -2.32. The molecule has 0 radical (unpaired) electrons. The summed E-state index contributed by atoms with van der Waals surface area (Å²) in [6.45, 7) is 4.70. The predicted octanol–water partition coefficient (Wildman–Crippen LogP) is 4.23. The predicted molar refractivity (Wildman–Crippen MR) is 116 cm³/mol.